The normalized spacial score (nSPS) is 28.5. The maximum absolute atomic E-state index is 13.6. The summed E-state index contributed by atoms with van der Waals surface area (Å²) in [7, 11) is 0. The summed E-state index contributed by atoms with van der Waals surface area (Å²) in [4.78, 5) is 24.7. The van der Waals surface area contributed by atoms with E-state index in [-0.39, 0.29) is 16.6 Å². The highest BCUT2D eigenvalue weighted by Crippen LogP contribution is 2.29. The third-order valence-corrected chi connectivity index (χ3v) is 3.30. The third kappa shape index (κ3) is 2.43. The molecule has 2 rings (SSSR count). The molecular weight excluding hydrogens is 346 g/mol. The SMILES string of the molecule is O=c1[nH]c(=O)n([C@@H]2O[C@@H](CO)C[C@H]2F)cc1I. The van der Waals surface area contributed by atoms with Crippen molar-refractivity contribution in [2.24, 2.45) is 0 Å². The first-order chi connectivity index (χ1) is 8.02. The molecule has 0 aliphatic carbocycles. The van der Waals surface area contributed by atoms with Gasteiger partial charge in [-0.05, 0) is 22.6 Å². The fourth-order valence-electron chi connectivity index (χ4n) is 1.71. The van der Waals surface area contributed by atoms with Gasteiger partial charge < -0.3 is 9.84 Å². The molecular formula is C9H10FIN2O4. The highest BCUT2D eigenvalue weighted by molar-refractivity contribution is 14.1. The van der Waals surface area contributed by atoms with Crippen LogP contribution in [-0.2, 0) is 4.74 Å². The van der Waals surface area contributed by atoms with Gasteiger partial charge in [-0.1, -0.05) is 0 Å². The fraction of sp³-hybridized carbons (Fsp3) is 0.556. The molecule has 3 atom stereocenters. The lowest BCUT2D eigenvalue weighted by atomic mass is 10.2. The summed E-state index contributed by atoms with van der Waals surface area (Å²) >= 11 is 1.74. The zero-order chi connectivity index (χ0) is 12.6. The Labute approximate surface area is 109 Å². The molecule has 1 aliphatic heterocycles. The molecule has 0 amide bonds. The minimum absolute atomic E-state index is 0.0311. The summed E-state index contributed by atoms with van der Waals surface area (Å²) in [5.41, 5.74) is -1.24. The first kappa shape index (κ1) is 12.7. The topological polar surface area (TPSA) is 84.3 Å². The highest BCUT2D eigenvalue weighted by Gasteiger charge is 2.37. The minimum Gasteiger partial charge on any atom is -0.394 e. The van der Waals surface area contributed by atoms with Crippen molar-refractivity contribution < 1.29 is 14.2 Å². The van der Waals surface area contributed by atoms with E-state index in [1.807, 2.05) is 0 Å². The Kier molecular flexibility index (Phi) is 3.64. The Balaban J connectivity index is 2.38. The molecule has 1 fully saturated rings. The summed E-state index contributed by atoms with van der Waals surface area (Å²) < 4.78 is 20.1. The molecule has 0 spiro atoms. The number of rotatable bonds is 2. The highest BCUT2D eigenvalue weighted by atomic mass is 127. The third-order valence-electron chi connectivity index (χ3n) is 2.53. The number of aliphatic hydroxyl groups is 1. The number of hydrogen-bond donors (Lipinski definition) is 2. The van der Waals surface area contributed by atoms with Crippen LogP contribution < -0.4 is 11.2 Å². The molecule has 6 nitrogen and oxygen atoms in total. The molecule has 1 aromatic rings. The van der Waals surface area contributed by atoms with Crippen LogP contribution in [0.2, 0.25) is 0 Å². The maximum atomic E-state index is 13.6. The number of nitrogens with zero attached hydrogens (tertiary/aromatic N) is 1. The average Bonchev–Trinajstić information content (AvgIpc) is 2.65. The van der Waals surface area contributed by atoms with Gasteiger partial charge >= 0.3 is 5.69 Å². The fourth-order valence-corrected chi connectivity index (χ4v) is 2.15. The standard InChI is InChI=1S/C9H10FIN2O4/c10-5-1-4(3-14)17-8(5)13-2-6(11)7(15)12-9(13)16/h2,4-5,8,14H,1,3H2,(H,12,15,16)/t4-,5-,8-/m1/s1. The van der Waals surface area contributed by atoms with Gasteiger partial charge in [0.2, 0.25) is 0 Å². The van der Waals surface area contributed by atoms with E-state index in [4.69, 9.17) is 9.84 Å². The van der Waals surface area contributed by atoms with Gasteiger partial charge in [-0.3, -0.25) is 14.3 Å². The second kappa shape index (κ2) is 4.86. The molecule has 17 heavy (non-hydrogen) atoms. The predicted molar refractivity (Wildman–Crippen MR) is 64.5 cm³/mol. The molecule has 94 valence electrons. The predicted octanol–water partition coefficient (Wildman–Crippen LogP) is -0.241. The second-order valence-electron chi connectivity index (χ2n) is 3.73. The number of halogens is 2. The van der Waals surface area contributed by atoms with Crippen LogP contribution in [0.25, 0.3) is 0 Å². The lowest BCUT2D eigenvalue weighted by Crippen LogP contribution is -2.35. The van der Waals surface area contributed by atoms with Gasteiger partial charge in [-0.2, -0.15) is 0 Å². The Hall–Kier alpha value is -0.740. The smallest absolute Gasteiger partial charge is 0.330 e. The number of alkyl halides is 1. The van der Waals surface area contributed by atoms with E-state index < -0.39 is 29.8 Å². The molecule has 0 bridgehead atoms. The summed E-state index contributed by atoms with van der Waals surface area (Å²) in [6.07, 6.45) is -1.81. The van der Waals surface area contributed by atoms with Crippen LogP contribution in [0.4, 0.5) is 4.39 Å². The Morgan fingerprint density at radius 1 is 1.65 bits per heavy atom. The molecule has 0 saturated carbocycles. The Bertz CT molecular complexity index is 528. The maximum Gasteiger partial charge on any atom is 0.330 e. The van der Waals surface area contributed by atoms with E-state index in [0.29, 0.717) is 0 Å². The number of ether oxygens (including phenoxy) is 1. The van der Waals surface area contributed by atoms with Crippen LogP contribution in [0.1, 0.15) is 12.6 Å². The average molecular weight is 356 g/mol. The van der Waals surface area contributed by atoms with Crippen molar-refractivity contribution in [3.8, 4) is 0 Å². The van der Waals surface area contributed by atoms with Gasteiger partial charge in [-0.25, -0.2) is 9.18 Å². The van der Waals surface area contributed by atoms with Crippen LogP contribution in [0.5, 0.6) is 0 Å². The number of aromatic nitrogens is 2. The number of aromatic amines is 1. The molecule has 1 aliphatic rings. The van der Waals surface area contributed by atoms with E-state index in [0.717, 1.165) is 4.57 Å². The van der Waals surface area contributed by atoms with Gasteiger partial charge in [-0.15, -0.1) is 0 Å². The summed E-state index contributed by atoms with van der Waals surface area (Å²) in [6.45, 7) is -0.299. The van der Waals surface area contributed by atoms with Crippen molar-refractivity contribution in [1.29, 1.82) is 0 Å². The van der Waals surface area contributed by atoms with Crippen LogP contribution in [0, 0.1) is 3.57 Å². The van der Waals surface area contributed by atoms with Gasteiger partial charge in [0.15, 0.2) is 6.23 Å². The lowest BCUT2D eigenvalue weighted by molar-refractivity contribution is -0.0395. The first-order valence-electron chi connectivity index (χ1n) is 4.94. The van der Waals surface area contributed by atoms with E-state index in [2.05, 4.69) is 4.98 Å². The monoisotopic (exact) mass is 356 g/mol. The summed E-state index contributed by atoms with van der Waals surface area (Å²) in [5, 5.41) is 8.88. The minimum atomic E-state index is -1.38. The molecule has 0 unspecified atom stereocenters. The molecule has 2 heterocycles. The second-order valence-corrected chi connectivity index (χ2v) is 4.89. The van der Waals surface area contributed by atoms with Crippen molar-refractivity contribution in [2.75, 3.05) is 6.61 Å². The molecule has 0 radical (unpaired) electrons. The number of nitrogens with one attached hydrogen (secondary N) is 1. The van der Waals surface area contributed by atoms with Gasteiger partial charge in [0.25, 0.3) is 5.56 Å². The number of aliphatic hydroxyl groups excluding tert-OH is 1. The van der Waals surface area contributed by atoms with Gasteiger partial charge in [0, 0.05) is 12.6 Å². The zero-order valence-corrected chi connectivity index (χ0v) is 10.8. The van der Waals surface area contributed by atoms with E-state index in [1.54, 1.807) is 22.6 Å². The van der Waals surface area contributed by atoms with Crippen molar-refractivity contribution in [3.63, 3.8) is 0 Å². The lowest BCUT2D eigenvalue weighted by Gasteiger charge is -2.16. The number of hydrogen-bond acceptors (Lipinski definition) is 4. The van der Waals surface area contributed by atoms with Crippen LogP contribution in [0.15, 0.2) is 15.8 Å². The van der Waals surface area contributed by atoms with Crippen molar-refractivity contribution in [2.45, 2.75) is 24.9 Å². The van der Waals surface area contributed by atoms with E-state index >= 15 is 0 Å². The van der Waals surface area contributed by atoms with Crippen molar-refractivity contribution >= 4 is 22.6 Å². The molecule has 8 heteroatoms. The molecule has 1 aromatic heterocycles. The van der Waals surface area contributed by atoms with E-state index in [9.17, 15) is 14.0 Å². The van der Waals surface area contributed by atoms with Gasteiger partial charge in [0.1, 0.15) is 6.17 Å². The Morgan fingerprint density at radius 2 is 2.35 bits per heavy atom. The van der Waals surface area contributed by atoms with Gasteiger partial charge in [0.05, 0.1) is 16.3 Å². The first-order valence-corrected chi connectivity index (χ1v) is 6.02. The van der Waals surface area contributed by atoms with Crippen LogP contribution >= 0.6 is 22.6 Å². The van der Waals surface area contributed by atoms with Crippen LogP contribution in [-0.4, -0.2) is 33.5 Å². The summed E-state index contributed by atoms with van der Waals surface area (Å²) in [5.74, 6) is 0. The molecule has 2 N–H and O–H groups in total. The quantitative estimate of drug-likeness (QED) is 0.717. The Morgan fingerprint density at radius 3 is 2.94 bits per heavy atom. The zero-order valence-electron chi connectivity index (χ0n) is 8.60. The summed E-state index contributed by atoms with van der Waals surface area (Å²) in [6, 6.07) is 0. The van der Waals surface area contributed by atoms with Crippen molar-refractivity contribution in [3.05, 3.63) is 30.6 Å². The molecule has 0 aromatic carbocycles. The molecule has 1 saturated heterocycles. The largest absolute Gasteiger partial charge is 0.394 e. The van der Waals surface area contributed by atoms with E-state index in [1.165, 1.54) is 6.20 Å². The van der Waals surface area contributed by atoms with Crippen molar-refractivity contribution in [1.82, 2.24) is 9.55 Å². The number of H-pyrrole nitrogens is 1. The van der Waals surface area contributed by atoms with Crippen LogP contribution in [0.3, 0.4) is 0 Å².